The van der Waals surface area contributed by atoms with Crippen LogP contribution < -0.4 is 0 Å². The Kier molecular flexibility index (Phi) is 2.74. The number of allylic oxidation sites excluding steroid dienone is 3. The van der Waals surface area contributed by atoms with Gasteiger partial charge in [0.15, 0.2) is 0 Å². The number of carbonyl (C=O) groups is 1. The minimum atomic E-state index is -2.19. The molecule has 1 heterocycles. The zero-order valence-corrected chi connectivity index (χ0v) is 9.49. The molecule has 0 aromatic rings. The van der Waals surface area contributed by atoms with Gasteiger partial charge in [0.25, 0.3) is 5.91 Å². The molecule has 16 heavy (non-hydrogen) atoms. The van der Waals surface area contributed by atoms with Gasteiger partial charge in [0, 0.05) is 12.1 Å². The SMILES string of the molecule is CC1=NN(C2=CCC(=S(=O)=O)C=C2)C(=O)C1. The second-order valence-corrected chi connectivity index (χ2v) is 4.58. The van der Waals surface area contributed by atoms with Crippen molar-refractivity contribution >= 4 is 26.8 Å². The molecule has 0 spiro atoms. The molecule has 0 N–H and O–H groups in total. The molecular formula is C10H10N2O3S. The van der Waals surface area contributed by atoms with Crippen LogP contribution in [0.1, 0.15) is 19.8 Å². The third-order valence-electron chi connectivity index (χ3n) is 2.33. The van der Waals surface area contributed by atoms with E-state index in [2.05, 4.69) is 5.10 Å². The van der Waals surface area contributed by atoms with Gasteiger partial charge in [0.2, 0.25) is 10.3 Å². The van der Waals surface area contributed by atoms with Crippen LogP contribution in [-0.2, 0) is 15.1 Å². The Bertz CT molecular complexity index is 559. The van der Waals surface area contributed by atoms with Gasteiger partial charge in [-0.05, 0) is 19.1 Å². The highest BCUT2D eigenvalue weighted by Gasteiger charge is 2.24. The van der Waals surface area contributed by atoms with E-state index in [1.165, 1.54) is 11.1 Å². The molecule has 1 amide bonds. The molecule has 0 saturated heterocycles. The van der Waals surface area contributed by atoms with Crippen LogP contribution in [0.4, 0.5) is 0 Å². The summed E-state index contributed by atoms with van der Waals surface area (Å²) in [6.07, 6.45) is 5.41. The molecule has 6 heteroatoms. The number of nitrogens with zero attached hydrogens (tertiary/aromatic N) is 2. The summed E-state index contributed by atoms with van der Waals surface area (Å²) in [6, 6.07) is 0. The number of hydrogen-bond donors (Lipinski definition) is 0. The zero-order valence-electron chi connectivity index (χ0n) is 8.67. The maximum atomic E-state index is 11.5. The van der Waals surface area contributed by atoms with E-state index >= 15 is 0 Å². The van der Waals surface area contributed by atoms with Crippen molar-refractivity contribution in [1.29, 1.82) is 0 Å². The van der Waals surface area contributed by atoms with Gasteiger partial charge >= 0.3 is 0 Å². The first-order valence-corrected chi connectivity index (χ1v) is 5.86. The van der Waals surface area contributed by atoms with E-state index in [1.54, 1.807) is 19.1 Å². The van der Waals surface area contributed by atoms with Gasteiger partial charge < -0.3 is 0 Å². The normalized spacial score (nSPS) is 19.9. The van der Waals surface area contributed by atoms with Crippen LogP contribution in [-0.4, -0.2) is 29.9 Å². The van der Waals surface area contributed by atoms with Crippen LogP contribution in [0.25, 0.3) is 0 Å². The van der Waals surface area contributed by atoms with E-state index in [1.807, 2.05) is 0 Å². The monoisotopic (exact) mass is 238 g/mol. The highest BCUT2D eigenvalue weighted by molar-refractivity contribution is 7.73. The summed E-state index contributed by atoms with van der Waals surface area (Å²) >= 11 is 0. The van der Waals surface area contributed by atoms with Gasteiger partial charge in [-0.25, -0.2) is 5.01 Å². The quantitative estimate of drug-likeness (QED) is 0.624. The lowest BCUT2D eigenvalue weighted by Crippen LogP contribution is -2.20. The summed E-state index contributed by atoms with van der Waals surface area (Å²) in [5, 5.41) is 5.40. The third kappa shape index (κ3) is 1.96. The van der Waals surface area contributed by atoms with E-state index in [9.17, 15) is 13.2 Å². The number of carbonyl (C=O) groups excluding carboxylic acids is 1. The second-order valence-electron chi connectivity index (χ2n) is 3.59. The molecule has 2 rings (SSSR count). The Morgan fingerprint density at radius 2 is 2.12 bits per heavy atom. The highest BCUT2D eigenvalue weighted by atomic mass is 32.2. The van der Waals surface area contributed by atoms with Crippen LogP contribution in [0.2, 0.25) is 0 Å². The largest absolute Gasteiger partial charge is 0.272 e. The zero-order chi connectivity index (χ0) is 11.7. The van der Waals surface area contributed by atoms with Crippen LogP contribution in [0.15, 0.2) is 29.0 Å². The first-order valence-electron chi connectivity index (χ1n) is 4.78. The third-order valence-corrected chi connectivity index (χ3v) is 3.06. The minimum absolute atomic E-state index is 0.0832. The van der Waals surface area contributed by atoms with Crippen molar-refractivity contribution in [3.05, 3.63) is 23.9 Å². The van der Waals surface area contributed by atoms with Crippen LogP contribution in [0.3, 0.4) is 0 Å². The lowest BCUT2D eigenvalue weighted by atomic mass is 10.1. The molecule has 0 bridgehead atoms. The van der Waals surface area contributed by atoms with Crippen molar-refractivity contribution in [3.8, 4) is 0 Å². The summed E-state index contributed by atoms with van der Waals surface area (Å²) < 4.78 is 21.3. The van der Waals surface area contributed by atoms with Crippen LogP contribution in [0.5, 0.6) is 0 Å². The van der Waals surface area contributed by atoms with E-state index in [0.717, 1.165) is 5.71 Å². The highest BCUT2D eigenvalue weighted by Crippen LogP contribution is 2.19. The lowest BCUT2D eigenvalue weighted by Gasteiger charge is -2.15. The van der Waals surface area contributed by atoms with Crippen molar-refractivity contribution in [2.75, 3.05) is 0 Å². The van der Waals surface area contributed by atoms with Gasteiger partial charge in [-0.3, -0.25) is 4.79 Å². The molecule has 0 saturated carbocycles. The van der Waals surface area contributed by atoms with Crippen molar-refractivity contribution < 1.29 is 13.2 Å². The molecule has 1 aliphatic carbocycles. The van der Waals surface area contributed by atoms with Gasteiger partial charge in [-0.2, -0.15) is 13.5 Å². The fourth-order valence-corrected chi connectivity index (χ4v) is 1.96. The van der Waals surface area contributed by atoms with Gasteiger partial charge in [-0.1, -0.05) is 6.08 Å². The molecule has 0 atom stereocenters. The Hall–Kier alpha value is -1.69. The summed E-state index contributed by atoms with van der Waals surface area (Å²) in [7, 11) is -2.19. The fraction of sp³-hybridized carbons (Fsp3) is 0.300. The van der Waals surface area contributed by atoms with E-state index in [4.69, 9.17) is 0 Å². The maximum Gasteiger partial charge on any atom is 0.253 e. The standard InChI is InChI=1S/C10H10N2O3S/c1-7-6-10(13)12(11-7)8-2-4-9(5-3-8)16(14)15/h2-4H,5-6H2,1H3. The number of hydrazone groups is 1. The van der Waals surface area contributed by atoms with E-state index in [0.29, 0.717) is 23.4 Å². The van der Waals surface area contributed by atoms with Crippen molar-refractivity contribution in [2.45, 2.75) is 19.8 Å². The predicted octanol–water partition coefficient (Wildman–Crippen LogP) is 0.490. The molecule has 0 unspecified atom stereocenters. The Labute approximate surface area is 94.3 Å². The lowest BCUT2D eigenvalue weighted by molar-refractivity contribution is -0.126. The fourth-order valence-electron chi connectivity index (χ4n) is 1.56. The smallest absolute Gasteiger partial charge is 0.253 e. The maximum absolute atomic E-state index is 11.5. The molecule has 1 aliphatic heterocycles. The molecule has 84 valence electrons. The predicted molar refractivity (Wildman–Crippen MR) is 60.3 cm³/mol. The Morgan fingerprint density at radius 3 is 2.56 bits per heavy atom. The van der Waals surface area contributed by atoms with Crippen LogP contribution in [0, 0.1) is 0 Å². The topological polar surface area (TPSA) is 66.8 Å². The molecule has 0 aromatic heterocycles. The first-order chi connectivity index (χ1) is 7.58. The van der Waals surface area contributed by atoms with E-state index < -0.39 is 10.3 Å². The van der Waals surface area contributed by atoms with Crippen molar-refractivity contribution in [2.24, 2.45) is 5.10 Å². The van der Waals surface area contributed by atoms with E-state index in [-0.39, 0.29) is 5.91 Å². The molecular weight excluding hydrogens is 228 g/mol. The summed E-state index contributed by atoms with van der Waals surface area (Å²) in [5.74, 6) is -0.0832. The van der Waals surface area contributed by atoms with Gasteiger partial charge in [0.1, 0.15) is 0 Å². The number of amides is 1. The summed E-state index contributed by atoms with van der Waals surface area (Å²) in [4.78, 5) is 11.8. The van der Waals surface area contributed by atoms with Gasteiger partial charge in [0.05, 0.1) is 17.0 Å². The molecule has 0 radical (unpaired) electrons. The van der Waals surface area contributed by atoms with Crippen molar-refractivity contribution in [3.63, 3.8) is 0 Å². The average Bonchev–Trinajstić information content (AvgIpc) is 2.58. The average molecular weight is 238 g/mol. The Morgan fingerprint density at radius 1 is 1.38 bits per heavy atom. The number of hydrogen-bond acceptors (Lipinski definition) is 4. The summed E-state index contributed by atoms with van der Waals surface area (Å²) in [5.41, 5.74) is 1.40. The second kappa shape index (κ2) is 4.05. The minimum Gasteiger partial charge on any atom is -0.272 e. The van der Waals surface area contributed by atoms with Gasteiger partial charge in [-0.15, -0.1) is 0 Å². The summed E-state index contributed by atoms with van der Waals surface area (Å²) in [6.45, 7) is 1.79. The Balaban J connectivity index is 2.25. The van der Waals surface area contributed by atoms with Crippen molar-refractivity contribution in [1.82, 2.24) is 5.01 Å². The number of rotatable bonds is 1. The molecule has 0 fully saturated rings. The first kappa shape index (κ1) is 10.8. The van der Waals surface area contributed by atoms with Crippen LogP contribution >= 0.6 is 0 Å². The molecule has 5 nitrogen and oxygen atoms in total. The molecule has 0 aromatic carbocycles. The molecule has 2 aliphatic rings.